The lowest BCUT2D eigenvalue weighted by atomic mass is 9.92. The van der Waals surface area contributed by atoms with Crippen LogP contribution in [0.2, 0.25) is 0 Å². The summed E-state index contributed by atoms with van der Waals surface area (Å²) in [5.74, 6) is 1.70. The van der Waals surface area contributed by atoms with Crippen molar-refractivity contribution in [2.45, 2.75) is 0 Å². The standard InChI is InChI=1S/C53H29N3O3/c1-2-12-34-31(11-1)27-33(29-41(34)35-16-9-21-45-48(35)36-13-3-6-18-42(36)57-45)52-54-51(55-53(56-52)39-17-10-22-46-49(39)37-14-4-7-19-43(37)58-46)32-24-23-30-25-26-47-50(40(30)28-32)38-15-5-8-20-44(38)59-47/h1-29H. The van der Waals surface area contributed by atoms with Gasteiger partial charge in [0.15, 0.2) is 17.5 Å². The number of furan rings is 3. The third kappa shape index (κ3) is 4.84. The first-order valence-electron chi connectivity index (χ1n) is 19.7. The van der Waals surface area contributed by atoms with E-state index in [1.165, 1.54) is 0 Å². The number of para-hydroxylation sites is 3. The van der Waals surface area contributed by atoms with E-state index in [1.54, 1.807) is 0 Å². The van der Waals surface area contributed by atoms with Crippen LogP contribution < -0.4 is 0 Å². The van der Waals surface area contributed by atoms with E-state index in [0.29, 0.717) is 17.5 Å². The number of rotatable bonds is 4. The van der Waals surface area contributed by atoms with Gasteiger partial charge >= 0.3 is 0 Å². The van der Waals surface area contributed by atoms with Crippen molar-refractivity contribution >= 4 is 87.4 Å². The zero-order valence-electron chi connectivity index (χ0n) is 31.3. The summed E-state index contributed by atoms with van der Waals surface area (Å²) in [6.45, 7) is 0. The Morgan fingerprint density at radius 2 is 0.780 bits per heavy atom. The number of hydrogen-bond donors (Lipinski definition) is 0. The average Bonchev–Trinajstić information content (AvgIpc) is 4.00. The minimum atomic E-state index is 0.562. The highest BCUT2D eigenvalue weighted by atomic mass is 16.3. The van der Waals surface area contributed by atoms with Crippen molar-refractivity contribution in [2.75, 3.05) is 0 Å². The van der Waals surface area contributed by atoms with Crippen LogP contribution in [0.4, 0.5) is 0 Å². The first-order chi connectivity index (χ1) is 29.2. The van der Waals surface area contributed by atoms with Gasteiger partial charge in [0, 0.05) is 49.0 Å². The molecule has 0 saturated heterocycles. The van der Waals surface area contributed by atoms with Gasteiger partial charge in [-0.3, -0.25) is 0 Å². The molecule has 0 fully saturated rings. The van der Waals surface area contributed by atoms with Gasteiger partial charge in [0.1, 0.15) is 33.5 Å². The molecule has 0 aliphatic carbocycles. The number of fused-ring (bicyclic) bond motifs is 12. The Labute approximate surface area is 335 Å². The molecule has 6 heteroatoms. The molecule has 13 rings (SSSR count). The van der Waals surface area contributed by atoms with Crippen LogP contribution in [0.3, 0.4) is 0 Å². The van der Waals surface area contributed by atoms with E-state index < -0.39 is 0 Å². The van der Waals surface area contributed by atoms with E-state index in [2.05, 4.69) is 115 Å². The molecule has 6 nitrogen and oxygen atoms in total. The number of nitrogens with zero attached hydrogens (tertiary/aromatic N) is 3. The fourth-order valence-corrected chi connectivity index (χ4v) is 9.06. The summed E-state index contributed by atoms with van der Waals surface area (Å²) >= 11 is 0. The van der Waals surface area contributed by atoms with Crippen LogP contribution in [-0.4, -0.2) is 15.0 Å². The minimum absolute atomic E-state index is 0.562. The number of benzene rings is 9. The Hall–Kier alpha value is -8.09. The predicted molar refractivity (Wildman–Crippen MR) is 238 cm³/mol. The molecule has 0 saturated carbocycles. The second-order valence-electron chi connectivity index (χ2n) is 15.1. The van der Waals surface area contributed by atoms with Crippen LogP contribution in [-0.2, 0) is 0 Å². The van der Waals surface area contributed by atoms with Crippen LogP contribution in [0.5, 0.6) is 0 Å². The van der Waals surface area contributed by atoms with Crippen LogP contribution in [0, 0.1) is 0 Å². The Kier molecular flexibility index (Phi) is 6.63. The van der Waals surface area contributed by atoms with Crippen LogP contribution in [0.25, 0.3) is 133 Å². The van der Waals surface area contributed by atoms with Crippen molar-refractivity contribution in [3.8, 4) is 45.3 Å². The molecule has 4 heterocycles. The van der Waals surface area contributed by atoms with Crippen molar-refractivity contribution in [2.24, 2.45) is 0 Å². The van der Waals surface area contributed by atoms with E-state index in [-0.39, 0.29) is 0 Å². The molecule has 0 aliphatic rings. The van der Waals surface area contributed by atoms with Crippen molar-refractivity contribution in [3.05, 3.63) is 176 Å². The molecule has 0 N–H and O–H groups in total. The van der Waals surface area contributed by atoms with Crippen molar-refractivity contribution in [3.63, 3.8) is 0 Å². The molecule has 4 aromatic heterocycles. The Balaban J connectivity index is 1.10. The molecular weight excluding hydrogens is 727 g/mol. The maximum Gasteiger partial charge on any atom is 0.164 e. The zero-order valence-corrected chi connectivity index (χ0v) is 31.3. The Morgan fingerprint density at radius 3 is 1.47 bits per heavy atom. The fraction of sp³-hybridized carbons (Fsp3) is 0. The van der Waals surface area contributed by atoms with Gasteiger partial charge in [0.2, 0.25) is 0 Å². The molecular formula is C53H29N3O3. The van der Waals surface area contributed by atoms with E-state index in [9.17, 15) is 0 Å². The summed E-state index contributed by atoms with van der Waals surface area (Å²) in [4.78, 5) is 15.9. The Morgan fingerprint density at radius 1 is 0.271 bits per heavy atom. The lowest BCUT2D eigenvalue weighted by Gasteiger charge is -2.13. The molecule has 0 amide bonds. The smallest absolute Gasteiger partial charge is 0.164 e. The monoisotopic (exact) mass is 755 g/mol. The van der Waals surface area contributed by atoms with Crippen molar-refractivity contribution < 1.29 is 13.3 Å². The van der Waals surface area contributed by atoms with Crippen LogP contribution in [0.15, 0.2) is 189 Å². The highest BCUT2D eigenvalue weighted by Gasteiger charge is 2.21. The number of hydrogen-bond acceptors (Lipinski definition) is 6. The van der Waals surface area contributed by atoms with E-state index in [1.807, 2.05) is 60.7 Å². The summed E-state index contributed by atoms with van der Waals surface area (Å²) in [7, 11) is 0. The lowest BCUT2D eigenvalue weighted by Crippen LogP contribution is -2.01. The van der Waals surface area contributed by atoms with Gasteiger partial charge in [-0.25, -0.2) is 15.0 Å². The molecule has 0 bridgehead atoms. The van der Waals surface area contributed by atoms with Crippen molar-refractivity contribution in [1.82, 2.24) is 15.0 Å². The molecule has 0 atom stereocenters. The minimum Gasteiger partial charge on any atom is -0.456 e. The summed E-state index contributed by atoms with van der Waals surface area (Å²) in [5.41, 5.74) is 9.78. The largest absolute Gasteiger partial charge is 0.456 e. The van der Waals surface area contributed by atoms with E-state index in [4.69, 9.17) is 28.2 Å². The molecule has 0 aliphatic heterocycles. The zero-order chi connectivity index (χ0) is 38.6. The normalized spacial score (nSPS) is 12.1. The van der Waals surface area contributed by atoms with Gasteiger partial charge in [0.25, 0.3) is 0 Å². The van der Waals surface area contributed by atoms with E-state index in [0.717, 1.165) is 115 Å². The van der Waals surface area contributed by atoms with E-state index >= 15 is 0 Å². The molecule has 9 aromatic carbocycles. The van der Waals surface area contributed by atoms with Crippen LogP contribution in [0.1, 0.15) is 0 Å². The predicted octanol–water partition coefficient (Wildman–Crippen LogP) is 14.5. The molecule has 13 aromatic rings. The molecule has 59 heavy (non-hydrogen) atoms. The van der Waals surface area contributed by atoms with Gasteiger partial charge in [-0.15, -0.1) is 0 Å². The third-order valence-electron chi connectivity index (χ3n) is 11.7. The van der Waals surface area contributed by atoms with Gasteiger partial charge in [-0.05, 0) is 87.3 Å². The first-order valence-corrected chi connectivity index (χ1v) is 19.7. The first kappa shape index (κ1) is 32.0. The van der Waals surface area contributed by atoms with Gasteiger partial charge in [-0.1, -0.05) is 121 Å². The van der Waals surface area contributed by atoms with Crippen molar-refractivity contribution in [1.29, 1.82) is 0 Å². The summed E-state index contributed by atoms with van der Waals surface area (Å²) in [6, 6.07) is 60.4. The van der Waals surface area contributed by atoms with Gasteiger partial charge in [-0.2, -0.15) is 0 Å². The highest BCUT2D eigenvalue weighted by molar-refractivity contribution is 6.20. The lowest BCUT2D eigenvalue weighted by molar-refractivity contribution is 0.668. The molecule has 274 valence electrons. The number of aromatic nitrogens is 3. The topological polar surface area (TPSA) is 78.1 Å². The van der Waals surface area contributed by atoms with Gasteiger partial charge in [0.05, 0.1) is 0 Å². The second-order valence-corrected chi connectivity index (χ2v) is 15.1. The third-order valence-corrected chi connectivity index (χ3v) is 11.7. The molecule has 0 unspecified atom stereocenters. The second kappa shape index (κ2) is 12.2. The molecule has 0 spiro atoms. The summed E-state index contributed by atoms with van der Waals surface area (Å²) < 4.78 is 19.0. The Bertz CT molecular complexity index is 3870. The SMILES string of the molecule is c1ccc2c(-c3cccc4oc5ccccc5c34)cc(-c3nc(-c4ccc5ccc6oc7ccccc7c6c5c4)nc(-c4cccc5oc6ccccc6c45)n3)cc2c1. The average molecular weight is 756 g/mol. The van der Waals surface area contributed by atoms with Crippen LogP contribution >= 0.6 is 0 Å². The van der Waals surface area contributed by atoms with Gasteiger partial charge < -0.3 is 13.3 Å². The maximum absolute atomic E-state index is 6.36. The highest BCUT2D eigenvalue weighted by Crippen LogP contribution is 2.43. The fourth-order valence-electron chi connectivity index (χ4n) is 9.06. The maximum atomic E-state index is 6.36. The summed E-state index contributed by atoms with van der Waals surface area (Å²) in [6.07, 6.45) is 0. The molecule has 0 radical (unpaired) electrons. The summed E-state index contributed by atoms with van der Waals surface area (Å²) in [5, 5.41) is 10.7. The quantitative estimate of drug-likeness (QED) is 0.178.